The van der Waals surface area contributed by atoms with Crippen LogP contribution in [0.3, 0.4) is 0 Å². The quantitative estimate of drug-likeness (QED) is 0.804. The first kappa shape index (κ1) is 11.2. The molecule has 4 heteroatoms. The number of carbonyl (C=O) groups excluding carboxylic acids is 1. The molecule has 1 saturated heterocycles. The Morgan fingerprint density at radius 1 is 1.62 bits per heavy atom. The van der Waals surface area contributed by atoms with Gasteiger partial charge in [-0.3, -0.25) is 4.79 Å². The third-order valence-electron chi connectivity index (χ3n) is 3.42. The predicted molar refractivity (Wildman–Crippen MR) is 63.1 cm³/mol. The average Bonchev–Trinajstić information content (AvgIpc) is 2.83. The van der Waals surface area contributed by atoms with Crippen LogP contribution in [0.1, 0.15) is 23.8 Å². The van der Waals surface area contributed by atoms with Crippen LogP contribution < -0.4 is 5.73 Å². The molecule has 0 spiro atoms. The van der Waals surface area contributed by atoms with Crippen molar-refractivity contribution in [2.45, 2.75) is 19.4 Å². The topological polar surface area (TPSA) is 51.3 Å². The van der Waals surface area contributed by atoms with Crippen LogP contribution in [0.5, 0.6) is 0 Å². The Morgan fingerprint density at radius 2 is 2.38 bits per heavy atom. The normalized spacial score (nSPS) is 25.1. The molecule has 1 aromatic heterocycles. The Kier molecular flexibility index (Phi) is 3.01. The second kappa shape index (κ2) is 4.29. The van der Waals surface area contributed by atoms with Gasteiger partial charge in [0.25, 0.3) is 5.91 Å². The molecule has 2 rings (SSSR count). The summed E-state index contributed by atoms with van der Waals surface area (Å²) >= 11 is 0. The lowest BCUT2D eigenvalue weighted by Gasteiger charge is -2.21. The van der Waals surface area contributed by atoms with Crippen molar-refractivity contribution in [2.24, 2.45) is 18.7 Å². The lowest BCUT2D eigenvalue weighted by Crippen LogP contribution is -2.35. The highest BCUT2D eigenvalue weighted by atomic mass is 16.2. The molecule has 0 aromatic carbocycles. The number of rotatable bonds is 2. The van der Waals surface area contributed by atoms with Gasteiger partial charge < -0.3 is 15.2 Å². The maximum Gasteiger partial charge on any atom is 0.270 e. The van der Waals surface area contributed by atoms with E-state index in [-0.39, 0.29) is 5.91 Å². The van der Waals surface area contributed by atoms with Crippen molar-refractivity contribution in [1.29, 1.82) is 0 Å². The lowest BCUT2D eigenvalue weighted by atomic mass is 10.1. The van der Waals surface area contributed by atoms with E-state index in [4.69, 9.17) is 5.73 Å². The fourth-order valence-corrected chi connectivity index (χ4v) is 2.43. The summed E-state index contributed by atoms with van der Waals surface area (Å²) in [6.07, 6.45) is 2.92. The maximum absolute atomic E-state index is 12.3. The minimum Gasteiger partial charge on any atom is -0.347 e. The molecule has 0 radical (unpaired) electrons. The van der Waals surface area contributed by atoms with E-state index < -0.39 is 0 Å². The Hall–Kier alpha value is -1.29. The van der Waals surface area contributed by atoms with Crippen LogP contribution in [0.2, 0.25) is 0 Å². The van der Waals surface area contributed by atoms with Crippen molar-refractivity contribution >= 4 is 5.91 Å². The second-order valence-corrected chi connectivity index (χ2v) is 4.65. The summed E-state index contributed by atoms with van der Waals surface area (Å²) in [5, 5.41) is 0. The zero-order valence-electron chi connectivity index (χ0n) is 9.89. The summed E-state index contributed by atoms with van der Waals surface area (Å²) in [7, 11) is 1.90. The van der Waals surface area contributed by atoms with E-state index in [1.807, 2.05) is 34.8 Å². The zero-order valence-corrected chi connectivity index (χ0v) is 9.89. The van der Waals surface area contributed by atoms with Crippen LogP contribution in [0.15, 0.2) is 18.3 Å². The second-order valence-electron chi connectivity index (χ2n) is 4.65. The Balaban J connectivity index is 2.14. The summed E-state index contributed by atoms with van der Waals surface area (Å²) in [6.45, 7) is 3.55. The summed E-state index contributed by atoms with van der Waals surface area (Å²) in [6, 6.07) is 4.06. The van der Waals surface area contributed by atoms with Crippen LogP contribution in [0, 0.1) is 5.92 Å². The molecule has 1 fully saturated rings. The van der Waals surface area contributed by atoms with Gasteiger partial charge in [0.2, 0.25) is 0 Å². The van der Waals surface area contributed by atoms with Crippen molar-refractivity contribution in [3.8, 4) is 0 Å². The first-order valence-electron chi connectivity index (χ1n) is 5.76. The lowest BCUT2D eigenvalue weighted by molar-refractivity contribution is 0.0734. The molecule has 1 aromatic rings. The van der Waals surface area contributed by atoms with Crippen LogP contribution in [0.25, 0.3) is 0 Å². The minimum absolute atomic E-state index is 0.121. The molecule has 2 unspecified atom stereocenters. The van der Waals surface area contributed by atoms with E-state index in [1.165, 1.54) is 0 Å². The number of hydrogen-bond donors (Lipinski definition) is 1. The molecular formula is C12H19N3O. The van der Waals surface area contributed by atoms with Crippen molar-refractivity contribution in [1.82, 2.24) is 9.47 Å². The third-order valence-corrected chi connectivity index (χ3v) is 3.42. The summed E-state index contributed by atoms with van der Waals surface area (Å²) in [5.74, 6) is 0.579. The molecule has 2 heterocycles. The van der Waals surface area contributed by atoms with Gasteiger partial charge in [-0.05, 0) is 37.9 Å². The zero-order chi connectivity index (χ0) is 11.7. The highest BCUT2D eigenvalue weighted by Crippen LogP contribution is 2.23. The summed E-state index contributed by atoms with van der Waals surface area (Å²) in [5.41, 5.74) is 6.42. The van der Waals surface area contributed by atoms with E-state index >= 15 is 0 Å². The first-order chi connectivity index (χ1) is 7.63. The van der Waals surface area contributed by atoms with Gasteiger partial charge in [-0.15, -0.1) is 0 Å². The number of likely N-dealkylation sites (tertiary alicyclic amines) is 1. The number of nitrogens with two attached hydrogens (primary N) is 1. The summed E-state index contributed by atoms with van der Waals surface area (Å²) in [4.78, 5) is 14.2. The Morgan fingerprint density at radius 3 is 2.88 bits per heavy atom. The Bertz CT molecular complexity index is 385. The van der Waals surface area contributed by atoms with Gasteiger partial charge in [0, 0.05) is 25.8 Å². The van der Waals surface area contributed by atoms with E-state index in [0.29, 0.717) is 18.5 Å². The van der Waals surface area contributed by atoms with Gasteiger partial charge >= 0.3 is 0 Å². The van der Waals surface area contributed by atoms with E-state index in [2.05, 4.69) is 6.92 Å². The fourth-order valence-electron chi connectivity index (χ4n) is 2.43. The van der Waals surface area contributed by atoms with Crippen LogP contribution in [0.4, 0.5) is 0 Å². The number of nitrogens with zero attached hydrogens (tertiary/aromatic N) is 2. The number of carbonyl (C=O) groups is 1. The van der Waals surface area contributed by atoms with Crippen molar-refractivity contribution in [3.05, 3.63) is 24.0 Å². The van der Waals surface area contributed by atoms with E-state index in [9.17, 15) is 4.79 Å². The third kappa shape index (κ3) is 1.85. The monoisotopic (exact) mass is 221 g/mol. The van der Waals surface area contributed by atoms with Crippen LogP contribution in [-0.2, 0) is 7.05 Å². The molecule has 1 aliphatic rings. The number of amides is 1. The molecule has 0 aliphatic carbocycles. The van der Waals surface area contributed by atoms with Gasteiger partial charge in [0.1, 0.15) is 5.69 Å². The first-order valence-corrected chi connectivity index (χ1v) is 5.76. The van der Waals surface area contributed by atoms with Crippen molar-refractivity contribution < 1.29 is 4.79 Å². The van der Waals surface area contributed by atoms with Gasteiger partial charge in [-0.1, -0.05) is 0 Å². The highest BCUT2D eigenvalue weighted by Gasteiger charge is 2.32. The highest BCUT2D eigenvalue weighted by molar-refractivity contribution is 5.93. The van der Waals surface area contributed by atoms with Crippen LogP contribution >= 0.6 is 0 Å². The SMILES string of the molecule is CC1CC(CN)CN1C(=O)c1cccn1C. The minimum atomic E-state index is 0.121. The smallest absolute Gasteiger partial charge is 0.270 e. The number of aryl methyl sites for hydroxylation is 1. The average molecular weight is 221 g/mol. The molecular weight excluding hydrogens is 202 g/mol. The van der Waals surface area contributed by atoms with Crippen LogP contribution in [-0.4, -0.2) is 34.5 Å². The van der Waals surface area contributed by atoms with Crippen molar-refractivity contribution in [2.75, 3.05) is 13.1 Å². The molecule has 0 bridgehead atoms. The van der Waals surface area contributed by atoms with Gasteiger partial charge in [0.15, 0.2) is 0 Å². The number of hydrogen-bond acceptors (Lipinski definition) is 2. The van der Waals surface area contributed by atoms with Crippen molar-refractivity contribution in [3.63, 3.8) is 0 Å². The molecule has 88 valence electrons. The summed E-state index contributed by atoms with van der Waals surface area (Å²) < 4.78 is 1.87. The predicted octanol–water partition coefficient (Wildman–Crippen LogP) is 0.834. The van der Waals surface area contributed by atoms with Gasteiger partial charge in [-0.2, -0.15) is 0 Å². The maximum atomic E-state index is 12.3. The number of aromatic nitrogens is 1. The molecule has 16 heavy (non-hydrogen) atoms. The standard InChI is InChI=1S/C12H19N3O/c1-9-6-10(7-13)8-15(9)12(16)11-4-3-5-14(11)2/h3-5,9-10H,6-8,13H2,1-2H3. The molecule has 4 nitrogen and oxygen atoms in total. The molecule has 2 atom stereocenters. The fraction of sp³-hybridized carbons (Fsp3) is 0.583. The largest absolute Gasteiger partial charge is 0.347 e. The molecule has 0 saturated carbocycles. The van der Waals surface area contributed by atoms with Gasteiger partial charge in [0.05, 0.1) is 0 Å². The van der Waals surface area contributed by atoms with E-state index in [0.717, 1.165) is 18.7 Å². The molecule has 1 aliphatic heterocycles. The van der Waals surface area contributed by atoms with Gasteiger partial charge in [-0.25, -0.2) is 0 Å². The molecule has 1 amide bonds. The van der Waals surface area contributed by atoms with E-state index in [1.54, 1.807) is 0 Å². The molecule has 2 N–H and O–H groups in total. The Labute approximate surface area is 96.0 Å².